The highest BCUT2D eigenvalue weighted by Crippen LogP contribution is 2.49. The van der Waals surface area contributed by atoms with Gasteiger partial charge in [0.15, 0.2) is 0 Å². The molecule has 1 spiro atoms. The van der Waals surface area contributed by atoms with E-state index in [1.54, 1.807) is 0 Å². The summed E-state index contributed by atoms with van der Waals surface area (Å²) < 4.78 is 5.94. The van der Waals surface area contributed by atoms with Crippen LogP contribution in [0.25, 0.3) is 0 Å². The third-order valence-corrected chi connectivity index (χ3v) is 9.46. The van der Waals surface area contributed by atoms with E-state index in [4.69, 9.17) is 16.3 Å². The van der Waals surface area contributed by atoms with Crippen molar-refractivity contribution in [3.63, 3.8) is 0 Å². The van der Waals surface area contributed by atoms with Crippen molar-refractivity contribution in [2.24, 2.45) is 11.3 Å². The zero-order valence-electron chi connectivity index (χ0n) is 23.5. The molecule has 1 atom stereocenters. The average Bonchev–Trinajstić information content (AvgIpc) is 3.06. The molecule has 0 amide bonds. The van der Waals surface area contributed by atoms with Crippen molar-refractivity contribution in [3.8, 4) is 0 Å². The van der Waals surface area contributed by atoms with Crippen LogP contribution >= 0.6 is 11.6 Å². The van der Waals surface area contributed by atoms with Crippen LogP contribution in [-0.2, 0) is 20.7 Å². The summed E-state index contributed by atoms with van der Waals surface area (Å²) >= 11 is 6.16. The molecule has 1 saturated heterocycles. The Kier molecular flexibility index (Phi) is 10.7. The van der Waals surface area contributed by atoms with Gasteiger partial charge in [-0.25, -0.2) is 0 Å². The molecule has 5 heteroatoms. The number of hydrogen-bond acceptors (Lipinski definition) is 4. The number of ketones is 1. The van der Waals surface area contributed by atoms with Crippen LogP contribution < -0.4 is 0 Å². The summed E-state index contributed by atoms with van der Waals surface area (Å²) in [6, 6.07) is 8.17. The Morgan fingerprint density at radius 2 is 1.97 bits per heavy atom. The molecule has 0 N–H and O–H groups in total. The van der Waals surface area contributed by atoms with Gasteiger partial charge in [0.2, 0.25) is 0 Å². The summed E-state index contributed by atoms with van der Waals surface area (Å²) in [4.78, 5) is 27.8. The summed E-state index contributed by atoms with van der Waals surface area (Å²) in [7, 11) is 0. The number of hydrogen-bond donors (Lipinski definition) is 0. The van der Waals surface area contributed by atoms with Crippen LogP contribution in [0.4, 0.5) is 0 Å². The Morgan fingerprint density at radius 3 is 2.74 bits per heavy atom. The monoisotopic (exact) mass is 539 g/mol. The number of benzene rings is 1. The topological polar surface area (TPSA) is 46.6 Å². The minimum absolute atomic E-state index is 0.0418. The van der Waals surface area contributed by atoms with Gasteiger partial charge in [0.1, 0.15) is 11.9 Å². The number of allylic oxidation sites excluding steroid dienone is 2. The highest BCUT2D eigenvalue weighted by molar-refractivity contribution is 6.30. The van der Waals surface area contributed by atoms with Crippen molar-refractivity contribution in [2.75, 3.05) is 19.6 Å². The molecule has 4 rings (SSSR count). The van der Waals surface area contributed by atoms with E-state index in [1.807, 2.05) is 19.1 Å². The van der Waals surface area contributed by atoms with E-state index in [2.05, 4.69) is 36.1 Å². The van der Waals surface area contributed by atoms with Crippen LogP contribution in [0.3, 0.4) is 0 Å². The molecular formula is C33H46ClNO3. The van der Waals surface area contributed by atoms with Crippen LogP contribution in [-0.4, -0.2) is 42.4 Å². The normalized spacial score (nSPS) is 26.8. The maximum Gasteiger partial charge on any atom is 0.312 e. The molecule has 1 saturated carbocycles. The quantitative estimate of drug-likeness (QED) is 0.212. The van der Waals surface area contributed by atoms with Crippen LogP contribution in [0.2, 0.25) is 5.02 Å². The number of halogens is 1. The average molecular weight is 540 g/mol. The summed E-state index contributed by atoms with van der Waals surface area (Å²) in [6.45, 7) is 7.24. The van der Waals surface area contributed by atoms with Gasteiger partial charge >= 0.3 is 5.97 Å². The van der Waals surface area contributed by atoms with Crippen molar-refractivity contribution >= 4 is 23.4 Å². The first-order chi connectivity index (χ1) is 18.3. The van der Waals surface area contributed by atoms with Crippen molar-refractivity contribution < 1.29 is 14.3 Å². The lowest BCUT2D eigenvalue weighted by molar-refractivity contribution is -0.150. The second-order valence-corrected chi connectivity index (χ2v) is 12.4. The molecule has 1 aromatic carbocycles. The molecule has 4 nitrogen and oxygen atoms in total. The van der Waals surface area contributed by atoms with Gasteiger partial charge in [-0.05, 0) is 102 Å². The minimum Gasteiger partial charge on any atom is -0.462 e. The van der Waals surface area contributed by atoms with Gasteiger partial charge in [0, 0.05) is 43.9 Å². The first-order valence-corrected chi connectivity index (χ1v) is 15.2. The number of cyclic esters (lactones) is 1. The molecular weight excluding hydrogens is 494 g/mol. The summed E-state index contributed by atoms with van der Waals surface area (Å²) in [5.74, 6) is 0.997. The molecule has 0 aromatic heterocycles. The van der Waals surface area contributed by atoms with Gasteiger partial charge in [-0.2, -0.15) is 0 Å². The number of nitrogens with zero attached hydrogens (tertiary/aromatic N) is 1. The van der Waals surface area contributed by atoms with Crippen LogP contribution in [0.5, 0.6) is 0 Å². The zero-order chi connectivity index (χ0) is 27.0. The smallest absolute Gasteiger partial charge is 0.312 e. The van der Waals surface area contributed by atoms with Gasteiger partial charge in [-0.1, -0.05) is 47.0 Å². The van der Waals surface area contributed by atoms with Crippen molar-refractivity contribution in [3.05, 3.63) is 58.1 Å². The maximum absolute atomic E-state index is 12.9. The molecule has 1 aromatic rings. The molecule has 2 fully saturated rings. The molecule has 1 aliphatic carbocycles. The Bertz CT molecular complexity index is 1020. The fourth-order valence-electron chi connectivity index (χ4n) is 6.48. The standard InChI is InChI=1S/C33H46ClNO3/c1-3-25(2)9-11-30(36)12-10-26-13-17-33(18-14-26)24-31(38-32(33)37)16-21-35-19-5-7-27(15-20-35)22-28-6-4-8-29(34)23-28/h3-4,6-8,23,26,31H,5,9-22,24H2,1-2H3/b25-3+/t26?,31-,33?/m0/s1. The van der Waals surface area contributed by atoms with Crippen molar-refractivity contribution in [1.82, 2.24) is 4.90 Å². The van der Waals surface area contributed by atoms with Gasteiger partial charge in [-0.3, -0.25) is 9.59 Å². The molecule has 2 heterocycles. The fraction of sp³-hybridized carbons (Fsp3) is 0.636. The largest absolute Gasteiger partial charge is 0.462 e. The molecule has 38 heavy (non-hydrogen) atoms. The first kappa shape index (κ1) is 29.1. The lowest BCUT2D eigenvalue weighted by atomic mass is 9.68. The lowest BCUT2D eigenvalue weighted by Gasteiger charge is -2.34. The van der Waals surface area contributed by atoms with E-state index in [0.717, 1.165) is 95.3 Å². The lowest BCUT2D eigenvalue weighted by Crippen LogP contribution is -2.32. The number of Topliss-reactive ketones (excluding diaryl/α,β-unsaturated/α-hetero) is 1. The highest BCUT2D eigenvalue weighted by atomic mass is 35.5. The van der Waals surface area contributed by atoms with Crippen LogP contribution in [0.1, 0.15) is 96.5 Å². The minimum atomic E-state index is -0.265. The molecule has 208 valence electrons. The Balaban J connectivity index is 1.15. The van der Waals surface area contributed by atoms with E-state index in [0.29, 0.717) is 24.5 Å². The van der Waals surface area contributed by atoms with E-state index in [-0.39, 0.29) is 17.5 Å². The fourth-order valence-corrected chi connectivity index (χ4v) is 6.70. The van der Waals surface area contributed by atoms with Crippen LogP contribution in [0.15, 0.2) is 47.6 Å². The van der Waals surface area contributed by atoms with Gasteiger partial charge in [0.05, 0.1) is 5.41 Å². The predicted molar refractivity (Wildman–Crippen MR) is 155 cm³/mol. The van der Waals surface area contributed by atoms with Gasteiger partial charge in [0.25, 0.3) is 0 Å². The zero-order valence-corrected chi connectivity index (χ0v) is 24.2. The van der Waals surface area contributed by atoms with Gasteiger partial charge < -0.3 is 9.64 Å². The molecule has 0 radical (unpaired) electrons. The van der Waals surface area contributed by atoms with E-state index >= 15 is 0 Å². The number of carbonyl (C=O) groups excluding carboxylic acids is 2. The second-order valence-electron chi connectivity index (χ2n) is 12.0. The van der Waals surface area contributed by atoms with E-state index in [1.165, 1.54) is 16.7 Å². The van der Waals surface area contributed by atoms with E-state index < -0.39 is 0 Å². The molecule has 0 bridgehead atoms. The van der Waals surface area contributed by atoms with Crippen molar-refractivity contribution in [1.29, 1.82) is 0 Å². The molecule has 0 unspecified atom stereocenters. The van der Waals surface area contributed by atoms with Crippen molar-refractivity contribution in [2.45, 2.75) is 103 Å². The molecule has 3 aliphatic rings. The first-order valence-electron chi connectivity index (χ1n) is 14.8. The summed E-state index contributed by atoms with van der Waals surface area (Å²) in [5, 5.41) is 0.802. The maximum atomic E-state index is 12.9. The number of rotatable bonds is 11. The Hall–Kier alpha value is -1.91. The predicted octanol–water partition coefficient (Wildman–Crippen LogP) is 7.88. The number of ether oxygens (including phenoxy) is 1. The number of esters is 1. The highest BCUT2D eigenvalue weighted by Gasteiger charge is 2.50. The number of carbonyl (C=O) groups is 2. The van der Waals surface area contributed by atoms with Gasteiger partial charge in [-0.15, -0.1) is 0 Å². The van der Waals surface area contributed by atoms with Crippen LogP contribution in [0, 0.1) is 11.3 Å². The molecule has 2 aliphatic heterocycles. The third-order valence-electron chi connectivity index (χ3n) is 9.22. The second kappa shape index (κ2) is 13.9. The SMILES string of the molecule is C/C=C(\C)CCC(=O)CCC1CCC2(CC1)C[C@H](CCN1CCC=C(Cc3cccc(Cl)c3)CC1)OC2=O. The summed E-state index contributed by atoms with van der Waals surface area (Å²) in [5.41, 5.74) is 3.80. The summed E-state index contributed by atoms with van der Waals surface area (Å²) in [6.07, 6.45) is 16.7. The van der Waals surface area contributed by atoms with E-state index in [9.17, 15) is 9.59 Å². The Morgan fingerprint density at radius 1 is 1.16 bits per heavy atom. The third kappa shape index (κ3) is 8.29. The Labute approximate surface area is 234 Å².